The van der Waals surface area contributed by atoms with Crippen LogP contribution in [0.1, 0.15) is 52.4 Å². The van der Waals surface area contributed by atoms with Gasteiger partial charge in [-0.15, -0.1) is 0 Å². The second-order valence-corrected chi connectivity index (χ2v) is 6.40. The average Bonchev–Trinajstić information content (AvgIpc) is 2.69. The van der Waals surface area contributed by atoms with Gasteiger partial charge in [0.2, 0.25) is 0 Å². The van der Waals surface area contributed by atoms with Crippen LogP contribution < -0.4 is 0 Å². The molecule has 0 saturated carbocycles. The minimum Gasteiger partial charge on any atom is -0.396 e. The molecule has 0 aliphatic carbocycles. The molecule has 0 bridgehead atoms. The van der Waals surface area contributed by atoms with Crippen molar-refractivity contribution < 1.29 is 24.4 Å². The van der Waals surface area contributed by atoms with Gasteiger partial charge in [0.05, 0.1) is 31.0 Å². The van der Waals surface area contributed by atoms with Gasteiger partial charge in [-0.05, 0) is 46.0 Å². The molecule has 0 aromatic heterocycles. The summed E-state index contributed by atoms with van der Waals surface area (Å²) < 4.78 is 17.5. The number of aliphatic hydroxyl groups excluding tert-OH is 2. The van der Waals surface area contributed by atoms with Gasteiger partial charge in [0, 0.05) is 13.0 Å². The smallest absolute Gasteiger partial charge is 0.163 e. The van der Waals surface area contributed by atoms with Crippen LogP contribution in [0.4, 0.5) is 0 Å². The molecule has 0 amide bonds. The Bertz CT molecular complexity index is 294. The fourth-order valence-corrected chi connectivity index (χ4v) is 3.07. The Morgan fingerprint density at radius 3 is 2.60 bits per heavy atom. The summed E-state index contributed by atoms with van der Waals surface area (Å²) >= 11 is 0. The summed E-state index contributed by atoms with van der Waals surface area (Å²) in [5.74, 6) is -0.476. The number of aliphatic hydroxyl groups is 2. The average molecular weight is 288 g/mol. The van der Waals surface area contributed by atoms with Crippen molar-refractivity contribution in [2.45, 2.75) is 82.6 Å². The maximum Gasteiger partial charge on any atom is 0.163 e. The van der Waals surface area contributed by atoms with Crippen LogP contribution in [0.5, 0.6) is 0 Å². The Hall–Kier alpha value is -0.200. The van der Waals surface area contributed by atoms with Crippen LogP contribution in [-0.4, -0.2) is 53.6 Å². The summed E-state index contributed by atoms with van der Waals surface area (Å²) in [5, 5.41) is 18.6. The van der Waals surface area contributed by atoms with Gasteiger partial charge in [-0.1, -0.05) is 0 Å². The van der Waals surface area contributed by atoms with E-state index in [1.54, 1.807) is 0 Å². The first-order valence-corrected chi connectivity index (χ1v) is 7.74. The SMILES string of the molecule is CC1(C)OCC(CC2CCCC(C[C@@H](O)CCO)O2)O1. The van der Waals surface area contributed by atoms with Gasteiger partial charge in [0.25, 0.3) is 0 Å². The molecule has 5 heteroatoms. The fourth-order valence-electron chi connectivity index (χ4n) is 3.07. The van der Waals surface area contributed by atoms with Crippen molar-refractivity contribution in [3.63, 3.8) is 0 Å². The van der Waals surface area contributed by atoms with Crippen molar-refractivity contribution in [3.05, 3.63) is 0 Å². The van der Waals surface area contributed by atoms with Gasteiger partial charge in [-0.25, -0.2) is 0 Å². The van der Waals surface area contributed by atoms with E-state index in [-0.39, 0.29) is 24.9 Å². The Labute approximate surface area is 121 Å². The molecular formula is C15H28O5. The van der Waals surface area contributed by atoms with Crippen LogP contribution in [0.3, 0.4) is 0 Å². The molecule has 2 heterocycles. The van der Waals surface area contributed by atoms with Crippen molar-refractivity contribution in [2.75, 3.05) is 13.2 Å². The molecule has 20 heavy (non-hydrogen) atoms. The Kier molecular flexibility index (Phi) is 5.81. The minimum absolute atomic E-state index is 0.0274. The van der Waals surface area contributed by atoms with E-state index in [0.29, 0.717) is 19.4 Å². The quantitative estimate of drug-likeness (QED) is 0.777. The van der Waals surface area contributed by atoms with Crippen LogP contribution in [0, 0.1) is 0 Å². The predicted molar refractivity (Wildman–Crippen MR) is 74.4 cm³/mol. The molecule has 4 atom stereocenters. The summed E-state index contributed by atoms with van der Waals surface area (Å²) in [6.07, 6.45) is 5.00. The molecule has 118 valence electrons. The summed E-state index contributed by atoms with van der Waals surface area (Å²) in [7, 11) is 0. The molecule has 2 aliphatic rings. The zero-order valence-corrected chi connectivity index (χ0v) is 12.6. The van der Waals surface area contributed by atoms with Crippen molar-refractivity contribution >= 4 is 0 Å². The highest BCUT2D eigenvalue weighted by Gasteiger charge is 2.35. The highest BCUT2D eigenvalue weighted by Crippen LogP contribution is 2.30. The molecule has 2 saturated heterocycles. The highest BCUT2D eigenvalue weighted by molar-refractivity contribution is 4.79. The third-order valence-corrected chi connectivity index (χ3v) is 4.03. The lowest BCUT2D eigenvalue weighted by Crippen LogP contribution is -2.34. The summed E-state index contributed by atoms with van der Waals surface area (Å²) in [6.45, 7) is 4.52. The van der Waals surface area contributed by atoms with E-state index < -0.39 is 11.9 Å². The molecule has 0 radical (unpaired) electrons. The largest absolute Gasteiger partial charge is 0.396 e. The first-order chi connectivity index (χ1) is 9.48. The van der Waals surface area contributed by atoms with E-state index in [9.17, 15) is 5.11 Å². The Morgan fingerprint density at radius 2 is 1.95 bits per heavy atom. The summed E-state index contributed by atoms with van der Waals surface area (Å²) in [5.41, 5.74) is 0. The van der Waals surface area contributed by atoms with Crippen molar-refractivity contribution in [2.24, 2.45) is 0 Å². The molecule has 5 nitrogen and oxygen atoms in total. The van der Waals surface area contributed by atoms with Crippen LogP contribution in [0.25, 0.3) is 0 Å². The third-order valence-electron chi connectivity index (χ3n) is 4.03. The van der Waals surface area contributed by atoms with Gasteiger partial charge >= 0.3 is 0 Å². The molecule has 0 aromatic rings. The Morgan fingerprint density at radius 1 is 1.20 bits per heavy atom. The number of ether oxygens (including phenoxy) is 3. The zero-order valence-electron chi connectivity index (χ0n) is 12.6. The van der Waals surface area contributed by atoms with Gasteiger partial charge in [-0.2, -0.15) is 0 Å². The van der Waals surface area contributed by atoms with E-state index >= 15 is 0 Å². The first-order valence-electron chi connectivity index (χ1n) is 7.74. The minimum atomic E-state index is -0.476. The van der Waals surface area contributed by atoms with Gasteiger partial charge in [0.1, 0.15) is 0 Å². The summed E-state index contributed by atoms with van der Waals surface area (Å²) in [4.78, 5) is 0. The van der Waals surface area contributed by atoms with E-state index in [0.717, 1.165) is 25.7 Å². The van der Waals surface area contributed by atoms with Gasteiger partial charge < -0.3 is 24.4 Å². The Balaban J connectivity index is 1.73. The number of hydrogen-bond acceptors (Lipinski definition) is 5. The summed E-state index contributed by atoms with van der Waals surface area (Å²) in [6, 6.07) is 0. The van der Waals surface area contributed by atoms with E-state index in [2.05, 4.69) is 0 Å². The third kappa shape index (κ3) is 4.97. The van der Waals surface area contributed by atoms with Gasteiger partial charge in [0.15, 0.2) is 5.79 Å². The van der Waals surface area contributed by atoms with Crippen LogP contribution >= 0.6 is 0 Å². The zero-order chi connectivity index (χ0) is 14.6. The van der Waals surface area contributed by atoms with Crippen molar-refractivity contribution in [1.29, 1.82) is 0 Å². The van der Waals surface area contributed by atoms with Crippen LogP contribution in [0.2, 0.25) is 0 Å². The van der Waals surface area contributed by atoms with E-state index in [1.807, 2.05) is 13.8 Å². The monoisotopic (exact) mass is 288 g/mol. The lowest BCUT2D eigenvalue weighted by molar-refractivity contribution is -0.147. The number of hydrogen-bond donors (Lipinski definition) is 2. The second kappa shape index (κ2) is 7.18. The molecule has 2 aliphatic heterocycles. The normalized spacial score (nSPS) is 35.1. The van der Waals surface area contributed by atoms with Crippen LogP contribution in [-0.2, 0) is 14.2 Å². The lowest BCUT2D eigenvalue weighted by Gasteiger charge is -2.32. The molecule has 0 spiro atoms. The molecule has 2 N–H and O–H groups in total. The molecule has 0 aromatic carbocycles. The maximum atomic E-state index is 9.76. The van der Waals surface area contributed by atoms with Crippen molar-refractivity contribution in [3.8, 4) is 0 Å². The molecular weight excluding hydrogens is 260 g/mol. The lowest BCUT2D eigenvalue weighted by atomic mass is 9.96. The topological polar surface area (TPSA) is 68.2 Å². The molecule has 2 rings (SSSR count). The first kappa shape index (κ1) is 16.2. The van der Waals surface area contributed by atoms with Gasteiger partial charge in [-0.3, -0.25) is 0 Å². The molecule has 3 unspecified atom stereocenters. The van der Waals surface area contributed by atoms with Crippen LogP contribution in [0.15, 0.2) is 0 Å². The van der Waals surface area contributed by atoms with Crippen molar-refractivity contribution in [1.82, 2.24) is 0 Å². The second-order valence-electron chi connectivity index (χ2n) is 6.40. The molecule has 2 fully saturated rings. The fraction of sp³-hybridized carbons (Fsp3) is 1.00. The number of rotatable bonds is 6. The highest BCUT2D eigenvalue weighted by atomic mass is 16.7. The van der Waals surface area contributed by atoms with E-state index in [4.69, 9.17) is 19.3 Å². The predicted octanol–water partition coefficient (Wildman–Crippen LogP) is 1.60. The van der Waals surface area contributed by atoms with E-state index in [1.165, 1.54) is 0 Å². The maximum absolute atomic E-state index is 9.76. The standard InChI is InChI=1S/C15H28O5/c1-15(2)18-10-14(20-15)9-13-5-3-4-12(19-13)8-11(17)6-7-16/h11-14,16-17H,3-10H2,1-2H3/t11-,12?,13?,14?/m0/s1.